The van der Waals surface area contributed by atoms with Crippen LogP contribution in [0.15, 0.2) is 11.1 Å². The number of carbonyl (C=O) groups excluding carboxylic acids is 2. The van der Waals surface area contributed by atoms with E-state index in [4.69, 9.17) is 4.74 Å². The Morgan fingerprint density at radius 1 is 1.07 bits per heavy atom. The fourth-order valence-corrected chi connectivity index (χ4v) is 13.4. The monoisotopic (exact) mass is 609 g/mol. The standard InChI is InChI=1S/C28H44N6O3S3/c29-17-3-1-2-4-18(17)31-21-11-15-13-30-28(36)24(15)27(32-21)33-22-6-5-20(39-22)16-14-38-26-19(35)12-23(40-25(16)26)34-7-9-37-10-8-34/h12,15-18,20-22,24-27,31-33H,1-11,13-14,29H2,(H,30,36)/p+1/t15?,16?,17-,18+,20?,21?,22?,24?,25?,26?,27?/m1/s1. The highest BCUT2D eigenvalue weighted by Gasteiger charge is 2.51. The van der Waals surface area contributed by atoms with E-state index in [-0.39, 0.29) is 29.4 Å². The molecule has 6 fully saturated rings. The quantitative estimate of drug-likeness (QED) is 0.292. The zero-order chi connectivity index (χ0) is 27.2. The van der Waals surface area contributed by atoms with E-state index in [0.717, 1.165) is 56.5 Å². The van der Waals surface area contributed by atoms with Gasteiger partial charge in [-0.15, -0.1) is 35.3 Å². The van der Waals surface area contributed by atoms with Gasteiger partial charge in [-0.1, -0.05) is 6.42 Å². The third-order valence-corrected chi connectivity index (χ3v) is 14.9. The molecule has 6 heterocycles. The Hall–Kier alpha value is -0.470. The number of nitrogens with one attached hydrogen (secondary N) is 4. The predicted molar refractivity (Wildman–Crippen MR) is 162 cm³/mol. The van der Waals surface area contributed by atoms with Crippen molar-refractivity contribution in [2.75, 3.05) is 38.6 Å². The Kier molecular flexibility index (Phi) is 8.68. The van der Waals surface area contributed by atoms with Crippen LogP contribution in [-0.2, 0) is 14.3 Å². The van der Waals surface area contributed by atoms with Crippen LogP contribution in [0.25, 0.3) is 0 Å². The van der Waals surface area contributed by atoms with Crippen LogP contribution in [0, 0.1) is 17.8 Å². The van der Waals surface area contributed by atoms with Gasteiger partial charge in [0.2, 0.25) is 5.91 Å². The lowest BCUT2D eigenvalue weighted by molar-refractivity contribution is -0.431. The molecule has 0 radical (unpaired) electrons. The highest BCUT2D eigenvalue weighted by molar-refractivity contribution is 8.07. The maximum atomic E-state index is 13.1. The van der Waals surface area contributed by atoms with Gasteiger partial charge in [-0.25, -0.2) is 0 Å². The number of hydrogen-bond acceptors (Lipinski definition) is 10. The molecular weight excluding hydrogens is 565 g/mol. The summed E-state index contributed by atoms with van der Waals surface area (Å²) in [6.45, 7) is 4.02. The van der Waals surface area contributed by atoms with Crippen LogP contribution in [0.4, 0.5) is 0 Å². The van der Waals surface area contributed by atoms with E-state index in [0.29, 0.717) is 45.6 Å². The third-order valence-electron chi connectivity index (χ3n) is 10.2. The topological polar surface area (TPSA) is 122 Å². The van der Waals surface area contributed by atoms with Crippen molar-refractivity contribution in [3.63, 3.8) is 0 Å². The van der Waals surface area contributed by atoms with Crippen LogP contribution in [0.2, 0.25) is 0 Å². The van der Waals surface area contributed by atoms with Crippen LogP contribution >= 0.6 is 35.3 Å². The first-order valence-electron chi connectivity index (χ1n) is 15.4. The van der Waals surface area contributed by atoms with E-state index < -0.39 is 0 Å². The first-order chi connectivity index (χ1) is 19.5. The zero-order valence-corrected chi connectivity index (χ0v) is 25.7. The SMILES string of the molecule is [NH3+][C@@H]1CCCC[C@@H]1NC1CC2CNC(=O)C2C(NC2CCC(C3CSC4C(=O)C=C(N5CCOCC5)SC43)S2)N1. The van der Waals surface area contributed by atoms with Crippen LogP contribution in [0.1, 0.15) is 44.9 Å². The second-order valence-electron chi connectivity index (χ2n) is 12.7. The average Bonchev–Trinajstić information content (AvgIpc) is 3.69. The molecule has 1 aliphatic carbocycles. The molecule has 1 saturated carbocycles. The van der Waals surface area contributed by atoms with Crippen molar-refractivity contribution in [3.8, 4) is 0 Å². The molecule has 222 valence electrons. The van der Waals surface area contributed by atoms with E-state index in [1.165, 1.54) is 32.1 Å². The molecule has 0 bridgehead atoms. The second-order valence-corrected chi connectivity index (χ2v) is 16.5. The highest BCUT2D eigenvalue weighted by Crippen LogP contribution is 2.52. The van der Waals surface area contributed by atoms with E-state index >= 15 is 0 Å². The van der Waals surface area contributed by atoms with Crippen molar-refractivity contribution >= 4 is 47.0 Å². The van der Waals surface area contributed by atoms with Crippen molar-refractivity contribution in [3.05, 3.63) is 11.1 Å². The molecule has 9 nitrogen and oxygen atoms in total. The molecule has 1 amide bonds. The maximum absolute atomic E-state index is 13.1. The van der Waals surface area contributed by atoms with Gasteiger partial charge in [-0.3, -0.25) is 25.5 Å². The Balaban J connectivity index is 0.985. The largest absolute Gasteiger partial charge is 0.378 e. The number of ketones is 1. The van der Waals surface area contributed by atoms with E-state index in [9.17, 15) is 9.59 Å². The lowest BCUT2D eigenvalue weighted by Gasteiger charge is -2.42. The van der Waals surface area contributed by atoms with E-state index in [2.05, 4.69) is 43.7 Å². The minimum absolute atomic E-state index is 0.0150. The summed E-state index contributed by atoms with van der Waals surface area (Å²) in [6, 6.07) is 0.920. The van der Waals surface area contributed by atoms with Crippen molar-refractivity contribution in [1.82, 2.24) is 26.2 Å². The molecule has 5 saturated heterocycles. The van der Waals surface area contributed by atoms with Gasteiger partial charge in [0.15, 0.2) is 5.78 Å². The molecular formula is C28H45N6O3S3+. The molecule has 40 heavy (non-hydrogen) atoms. The molecule has 12 heteroatoms. The molecule has 11 atom stereocenters. The van der Waals surface area contributed by atoms with Crippen LogP contribution < -0.4 is 27.0 Å². The first-order valence-corrected chi connectivity index (χ1v) is 18.3. The summed E-state index contributed by atoms with van der Waals surface area (Å²) in [5.74, 6) is 2.44. The van der Waals surface area contributed by atoms with Crippen molar-refractivity contribution < 1.29 is 20.1 Å². The van der Waals surface area contributed by atoms with Crippen LogP contribution in [0.5, 0.6) is 0 Å². The van der Waals surface area contributed by atoms with E-state index in [1.807, 2.05) is 29.6 Å². The molecule has 9 unspecified atom stereocenters. The molecule has 7 N–H and O–H groups in total. The number of nitrogens with zero attached hydrogens (tertiary/aromatic N) is 1. The number of quaternary nitrogens is 1. The van der Waals surface area contributed by atoms with Crippen molar-refractivity contribution in [2.45, 2.75) is 90.5 Å². The maximum Gasteiger partial charge on any atom is 0.226 e. The number of ether oxygens (including phenoxy) is 1. The van der Waals surface area contributed by atoms with Gasteiger partial charge < -0.3 is 20.7 Å². The number of rotatable bonds is 6. The number of piperidine rings is 1. The van der Waals surface area contributed by atoms with Crippen molar-refractivity contribution in [1.29, 1.82) is 0 Å². The summed E-state index contributed by atoms with van der Waals surface area (Å²) in [7, 11) is 0. The predicted octanol–water partition coefficient (Wildman–Crippen LogP) is 0.538. The van der Waals surface area contributed by atoms with Crippen LogP contribution in [-0.4, -0.2) is 101 Å². The summed E-state index contributed by atoms with van der Waals surface area (Å²) >= 11 is 5.89. The van der Waals surface area contributed by atoms with Gasteiger partial charge in [0.25, 0.3) is 0 Å². The van der Waals surface area contributed by atoms with Gasteiger partial charge in [-0.05, 0) is 49.7 Å². The van der Waals surface area contributed by atoms with Gasteiger partial charge in [0, 0.05) is 42.6 Å². The molecule has 7 aliphatic rings. The second kappa shape index (κ2) is 12.3. The number of amides is 1. The number of fused-ring (bicyclic) bond motifs is 2. The molecule has 0 aromatic rings. The third kappa shape index (κ3) is 5.73. The molecule has 6 aliphatic heterocycles. The summed E-state index contributed by atoms with van der Waals surface area (Å²) in [4.78, 5) is 28.3. The van der Waals surface area contributed by atoms with Gasteiger partial charge in [0.05, 0.1) is 59.2 Å². The van der Waals surface area contributed by atoms with Gasteiger partial charge in [0.1, 0.15) is 0 Å². The van der Waals surface area contributed by atoms with Gasteiger partial charge >= 0.3 is 0 Å². The number of thioether (sulfide) groups is 3. The molecule has 7 rings (SSSR count). The molecule has 0 aromatic heterocycles. The number of carbonyl (C=O) groups is 2. The van der Waals surface area contributed by atoms with Crippen molar-refractivity contribution in [2.24, 2.45) is 17.8 Å². The Morgan fingerprint density at radius 3 is 2.77 bits per heavy atom. The Labute approximate surface area is 250 Å². The minimum Gasteiger partial charge on any atom is -0.378 e. The highest BCUT2D eigenvalue weighted by atomic mass is 32.2. The molecule has 0 spiro atoms. The lowest BCUT2D eigenvalue weighted by Crippen LogP contribution is -2.73. The molecule has 0 aromatic carbocycles. The Morgan fingerprint density at radius 2 is 1.93 bits per heavy atom. The number of morpholine rings is 1. The fourth-order valence-electron chi connectivity index (χ4n) is 7.96. The normalized spacial score (nSPS) is 45.7. The number of hydrogen-bond donors (Lipinski definition) is 5. The summed E-state index contributed by atoms with van der Waals surface area (Å²) < 4.78 is 5.55. The average molecular weight is 610 g/mol. The Bertz CT molecular complexity index is 998. The van der Waals surface area contributed by atoms with Crippen LogP contribution in [0.3, 0.4) is 0 Å². The van der Waals surface area contributed by atoms with E-state index in [1.54, 1.807) is 0 Å². The zero-order valence-electron chi connectivity index (χ0n) is 23.2. The van der Waals surface area contributed by atoms with Gasteiger partial charge in [-0.2, -0.15) is 0 Å². The first kappa shape index (κ1) is 28.3. The summed E-state index contributed by atoms with van der Waals surface area (Å²) in [6.07, 6.45) is 10.3. The lowest BCUT2D eigenvalue weighted by atomic mass is 9.84. The summed E-state index contributed by atoms with van der Waals surface area (Å²) in [5.41, 5.74) is 4.42. The summed E-state index contributed by atoms with van der Waals surface area (Å²) in [5, 5.41) is 17.3. The fraction of sp³-hybridized carbons (Fsp3) is 0.857. The minimum atomic E-state index is -0.0194. The number of allylic oxidation sites excluding steroid dienone is 1. The smallest absolute Gasteiger partial charge is 0.226 e.